The molecule has 19 heavy (non-hydrogen) atoms. The van der Waals surface area contributed by atoms with E-state index in [-0.39, 0.29) is 5.82 Å². The smallest absolute Gasteiger partial charge is 0.190 e. The Morgan fingerprint density at radius 3 is 2.74 bits per heavy atom. The summed E-state index contributed by atoms with van der Waals surface area (Å²) in [5.74, 6) is -0.244. The van der Waals surface area contributed by atoms with Crippen LogP contribution >= 0.6 is 11.3 Å². The summed E-state index contributed by atoms with van der Waals surface area (Å²) in [7, 11) is 1.83. The predicted octanol–water partition coefficient (Wildman–Crippen LogP) is 3.46. The molecule has 0 radical (unpaired) electrons. The van der Waals surface area contributed by atoms with Crippen LogP contribution < -0.4 is 10.6 Å². The van der Waals surface area contributed by atoms with Crippen LogP contribution in [0.1, 0.15) is 23.9 Å². The third kappa shape index (κ3) is 2.93. The minimum absolute atomic E-state index is 0.244. The van der Waals surface area contributed by atoms with Gasteiger partial charge in [0, 0.05) is 18.5 Å². The second-order valence-corrected chi connectivity index (χ2v) is 5.39. The van der Waals surface area contributed by atoms with Gasteiger partial charge in [-0.3, -0.25) is 0 Å². The van der Waals surface area contributed by atoms with Crippen molar-refractivity contribution in [2.24, 2.45) is 5.73 Å². The zero-order valence-corrected chi connectivity index (χ0v) is 12.0. The Morgan fingerprint density at radius 2 is 2.11 bits per heavy atom. The number of rotatable bonds is 5. The molecule has 2 rings (SSSR count). The molecule has 0 fully saturated rings. The third-order valence-electron chi connectivity index (χ3n) is 2.94. The molecule has 0 aliphatic heterocycles. The molecular weight excluding hydrogens is 261 g/mol. The van der Waals surface area contributed by atoms with Crippen molar-refractivity contribution in [2.75, 3.05) is 11.9 Å². The van der Waals surface area contributed by atoms with Crippen LogP contribution in [-0.4, -0.2) is 12.0 Å². The molecule has 2 N–H and O–H groups in total. The van der Waals surface area contributed by atoms with Gasteiger partial charge in [0.2, 0.25) is 0 Å². The first-order chi connectivity index (χ1) is 9.17. The van der Waals surface area contributed by atoms with Gasteiger partial charge in [0.25, 0.3) is 0 Å². The lowest BCUT2D eigenvalue weighted by atomic mass is 10.2. The number of para-hydroxylation sites is 1. The van der Waals surface area contributed by atoms with Crippen molar-refractivity contribution < 1.29 is 4.39 Å². The Kier molecular flexibility index (Phi) is 4.50. The van der Waals surface area contributed by atoms with Crippen LogP contribution in [0, 0.1) is 5.82 Å². The Bertz CT molecular complexity index is 553. The summed E-state index contributed by atoms with van der Waals surface area (Å²) in [5.41, 5.74) is 7.31. The standard InChI is InChI=1S/C14H18FN3S/c1-3-6-11-13(9-16)19-14(17-11)18(2)12-8-5-4-7-10(12)15/h4-5,7-8H,3,6,9,16H2,1-2H3. The van der Waals surface area contributed by atoms with E-state index in [1.54, 1.807) is 17.0 Å². The summed E-state index contributed by atoms with van der Waals surface area (Å²) in [6, 6.07) is 6.70. The number of thiazole rings is 1. The maximum absolute atomic E-state index is 13.8. The predicted molar refractivity (Wildman–Crippen MR) is 78.5 cm³/mol. The number of nitrogens with two attached hydrogens (primary N) is 1. The van der Waals surface area contributed by atoms with Crippen LogP contribution in [0.15, 0.2) is 24.3 Å². The molecule has 0 amide bonds. The zero-order valence-electron chi connectivity index (χ0n) is 11.2. The van der Waals surface area contributed by atoms with Gasteiger partial charge < -0.3 is 10.6 Å². The van der Waals surface area contributed by atoms with E-state index in [0.717, 1.165) is 28.5 Å². The van der Waals surface area contributed by atoms with Crippen LogP contribution in [0.5, 0.6) is 0 Å². The fraction of sp³-hybridized carbons (Fsp3) is 0.357. The van der Waals surface area contributed by atoms with Crippen LogP contribution in [0.2, 0.25) is 0 Å². The number of nitrogens with zero attached hydrogens (tertiary/aromatic N) is 2. The summed E-state index contributed by atoms with van der Waals surface area (Å²) in [5, 5.41) is 0.786. The zero-order chi connectivity index (χ0) is 13.8. The van der Waals surface area contributed by atoms with Gasteiger partial charge in [-0.25, -0.2) is 9.37 Å². The Labute approximate surface area is 116 Å². The molecule has 0 spiro atoms. The van der Waals surface area contributed by atoms with E-state index in [4.69, 9.17) is 5.73 Å². The molecule has 2 aromatic rings. The van der Waals surface area contributed by atoms with E-state index in [1.165, 1.54) is 17.4 Å². The van der Waals surface area contributed by atoms with Gasteiger partial charge >= 0.3 is 0 Å². The van der Waals surface area contributed by atoms with Crippen LogP contribution in [0.4, 0.5) is 15.2 Å². The topological polar surface area (TPSA) is 42.2 Å². The maximum atomic E-state index is 13.8. The van der Waals surface area contributed by atoms with Crippen molar-refractivity contribution in [3.63, 3.8) is 0 Å². The highest BCUT2D eigenvalue weighted by atomic mass is 32.1. The van der Waals surface area contributed by atoms with E-state index in [9.17, 15) is 4.39 Å². The van der Waals surface area contributed by atoms with Crippen molar-refractivity contribution in [1.29, 1.82) is 0 Å². The number of hydrogen-bond donors (Lipinski definition) is 1. The van der Waals surface area contributed by atoms with Gasteiger partial charge in [-0.15, -0.1) is 0 Å². The molecular formula is C14H18FN3S. The SMILES string of the molecule is CCCc1nc(N(C)c2ccccc2F)sc1CN. The Balaban J connectivity index is 2.34. The fourth-order valence-electron chi connectivity index (χ4n) is 1.93. The van der Waals surface area contributed by atoms with Crippen molar-refractivity contribution in [3.05, 3.63) is 40.7 Å². The van der Waals surface area contributed by atoms with E-state index >= 15 is 0 Å². The lowest BCUT2D eigenvalue weighted by Crippen LogP contribution is -2.10. The largest absolute Gasteiger partial charge is 0.326 e. The molecule has 1 aromatic carbocycles. The molecule has 5 heteroatoms. The van der Waals surface area contributed by atoms with Gasteiger partial charge in [-0.1, -0.05) is 36.8 Å². The molecule has 3 nitrogen and oxygen atoms in total. The number of aromatic nitrogens is 1. The summed E-state index contributed by atoms with van der Waals surface area (Å²) in [4.78, 5) is 7.45. The first-order valence-corrected chi connectivity index (χ1v) is 7.16. The molecule has 0 aliphatic carbocycles. The number of aryl methyl sites for hydroxylation is 1. The van der Waals surface area contributed by atoms with E-state index in [2.05, 4.69) is 11.9 Å². The quantitative estimate of drug-likeness (QED) is 0.911. The second kappa shape index (κ2) is 6.12. The normalized spacial score (nSPS) is 10.7. The molecule has 0 bridgehead atoms. The van der Waals surface area contributed by atoms with Gasteiger partial charge in [-0.05, 0) is 18.6 Å². The minimum atomic E-state index is -0.244. The molecule has 0 saturated carbocycles. The van der Waals surface area contributed by atoms with E-state index < -0.39 is 0 Å². The van der Waals surface area contributed by atoms with Crippen LogP contribution in [0.25, 0.3) is 0 Å². The lowest BCUT2D eigenvalue weighted by Gasteiger charge is -2.16. The van der Waals surface area contributed by atoms with Crippen molar-refractivity contribution in [2.45, 2.75) is 26.3 Å². The van der Waals surface area contributed by atoms with Crippen molar-refractivity contribution in [3.8, 4) is 0 Å². The highest BCUT2D eigenvalue weighted by Gasteiger charge is 2.15. The number of benzene rings is 1. The highest BCUT2D eigenvalue weighted by Crippen LogP contribution is 2.32. The number of halogens is 1. The molecule has 0 atom stereocenters. The molecule has 0 aliphatic rings. The summed E-state index contributed by atoms with van der Waals surface area (Å²) in [6.07, 6.45) is 1.94. The summed E-state index contributed by atoms with van der Waals surface area (Å²) < 4.78 is 13.8. The monoisotopic (exact) mass is 279 g/mol. The van der Waals surface area contributed by atoms with Crippen molar-refractivity contribution in [1.82, 2.24) is 4.98 Å². The number of anilines is 2. The Morgan fingerprint density at radius 1 is 1.37 bits per heavy atom. The van der Waals surface area contributed by atoms with Crippen LogP contribution in [-0.2, 0) is 13.0 Å². The fourth-order valence-corrected chi connectivity index (χ4v) is 2.89. The lowest BCUT2D eigenvalue weighted by molar-refractivity contribution is 0.627. The third-order valence-corrected chi connectivity index (χ3v) is 4.14. The van der Waals surface area contributed by atoms with Gasteiger partial charge in [0.1, 0.15) is 5.82 Å². The maximum Gasteiger partial charge on any atom is 0.190 e. The number of hydrogen-bond acceptors (Lipinski definition) is 4. The minimum Gasteiger partial charge on any atom is -0.326 e. The molecule has 0 unspecified atom stereocenters. The summed E-state index contributed by atoms with van der Waals surface area (Å²) in [6.45, 7) is 2.60. The summed E-state index contributed by atoms with van der Waals surface area (Å²) >= 11 is 1.53. The highest BCUT2D eigenvalue weighted by molar-refractivity contribution is 7.15. The average molecular weight is 279 g/mol. The Hall–Kier alpha value is -1.46. The first kappa shape index (κ1) is 14.0. The van der Waals surface area contributed by atoms with E-state index in [0.29, 0.717) is 12.2 Å². The molecule has 1 aromatic heterocycles. The van der Waals surface area contributed by atoms with Crippen LogP contribution in [0.3, 0.4) is 0 Å². The molecule has 102 valence electrons. The second-order valence-electron chi connectivity index (χ2n) is 4.33. The van der Waals surface area contributed by atoms with Gasteiger partial charge in [-0.2, -0.15) is 0 Å². The van der Waals surface area contributed by atoms with Gasteiger partial charge in [0.05, 0.1) is 11.4 Å². The van der Waals surface area contributed by atoms with Gasteiger partial charge in [0.15, 0.2) is 5.13 Å². The van der Waals surface area contributed by atoms with Crippen molar-refractivity contribution >= 4 is 22.2 Å². The molecule has 1 heterocycles. The average Bonchev–Trinajstić information content (AvgIpc) is 2.82. The van der Waals surface area contributed by atoms with E-state index in [1.807, 2.05) is 13.1 Å². The molecule has 0 saturated heterocycles. The first-order valence-electron chi connectivity index (χ1n) is 6.34.